The number of amides is 1. The van der Waals surface area contributed by atoms with E-state index in [1.54, 1.807) is 42.5 Å². The summed E-state index contributed by atoms with van der Waals surface area (Å²) in [4.78, 5) is 30.4. The monoisotopic (exact) mass is 510 g/mol. The van der Waals surface area contributed by atoms with Gasteiger partial charge < -0.3 is 29.0 Å². The zero-order valence-corrected chi connectivity index (χ0v) is 21.6. The van der Waals surface area contributed by atoms with E-state index in [9.17, 15) is 14.7 Å². The molecule has 9 nitrogen and oxygen atoms in total. The van der Waals surface area contributed by atoms with Gasteiger partial charge in [0.05, 0.1) is 45.2 Å². The Hall–Kier alpha value is -3.56. The van der Waals surface area contributed by atoms with Crippen LogP contribution in [0.4, 0.5) is 0 Å². The molecule has 4 rings (SSSR count). The van der Waals surface area contributed by atoms with Gasteiger partial charge >= 0.3 is 0 Å². The van der Waals surface area contributed by atoms with Crippen LogP contribution in [0.25, 0.3) is 5.76 Å². The number of aliphatic hydroxyl groups excluding tert-OH is 1. The normalized spacial score (nSPS) is 19.8. The molecule has 1 unspecified atom stereocenters. The lowest BCUT2D eigenvalue weighted by Gasteiger charge is -2.31. The molecule has 0 aliphatic carbocycles. The number of likely N-dealkylation sites (tertiary alicyclic amines) is 1. The summed E-state index contributed by atoms with van der Waals surface area (Å²) >= 11 is 0. The number of benzene rings is 2. The van der Waals surface area contributed by atoms with E-state index in [0.29, 0.717) is 67.9 Å². The second-order valence-corrected chi connectivity index (χ2v) is 8.75. The number of ether oxygens (including phenoxy) is 4. The van der Waals surface area contributed by atoms with Crippen LogP contribution in [0.1, 0.15) is 31.0 Å². The Labute approximate surface area is 217 Å². The van der Waals surface area contributed by atoms with Gasteiger partial charge in [-0.1, -0.05) is 18.2 Å². The number of hydrogen-bond donors (Lipinski definition) is 1. The summed E-state index contributed by atoms with van der Waals surface area (Å²) in [5, 5.41) is 11.4. The lowest BCUT2D eigenvalue weighted by atomic mass is 9.95. The molecule has 9 heteroatoms. The lowest BCUT2D eigenvalue weighted by molar-refractivity contribution is -0.140. The summed E-state index contributed by atoms with van der Waals surface area (Å²) in [6.45, 7) is 8.36. The lowest BCUT2D eigenvalue weighted by Crippen LogP contribution is -2.42. The van der Waals surface area contributed by atoms with Crippen LogP contribution in [0.3, 0.4) is 0 Å². The third-order valence-corrected chi connectivity index (χ3v) is 6.52. The highest BCUT2D eigenvalue weighted by molar-refractivity contribution is 6.46. The molecule has 0 bridgehead atoms. The van der Waals surface area contributed by atoms with E-state index in [0.717, 1.165) is 13.1 Å². The van der Waals surface area contributed by atoms with E-state index in [2.05, 4.69) is 4.90 Å². The van der Waals surface area contributed by atoms with Crippen molar-refractivity contribution in [3.05, 3.63) is 59.2 Å². The number of ketones is 1. The van der Waals surface area contributed by atoms with Gasteiger partial charge in [-0.05, 0) is 43.7 Å². The van der Waals surface area contributed by atoms with Crippen LogP contribution in [-0.4, -0.2) is 86.3 Å². The van der Waals surface area contributed by atoms with Crippen LogP contribution in [0.2, 0.25) is 0 Å². The third-order valence-electron chi connectivity index (χ3n) is 6.52. The molecule has 0 aromatic heterocycles. The quantitative estimate of drug-likeness (QED) is 0.296. The Bertz CT molecular complexity index is 1160. The van der Waals surface area contributed by atoms with Crippen LogP contribution in [0.5, 0.6) is 17.2 Å². The molecule has 0 spiro atoms. The molecule has 2 aromatic carbocycles. The summed E-state index contributed by atoms with van der Waals surface area (Å²) in [5.74, 6) is -0.00771. The smallest absolute Gasteiger partial charge is 0.295 e. The van der Waals surface area contributed by atoms with E-state index >= 15 is 0 Å². The predicted octanol–water partition coefficient (Wildman–Crippen LogP) is 3.25. The Morgan fingerprint density at radius 3 is 2.46 bits per heavy atom. The molecule has 2 aliphatic heterocycles. The van der Waals surface area contributed by atoms with Crippen molar-refractivity contribution in [1.29, 1.82) is 0 Å². The van der Waals surface area contributed by atoms with E-state index in [1.165, 1.54) is 12.0 Å². The number of nitrogens with zero attached hydrogens (tertiary/aromatic N) is 2. The van der Waals surface area contributed by atoms with E-state index in [4.69, 9.17) is 18.9 Å². The molecule has 0 radical (unpaired) electrons. The second kappa shape index (κ2) is 12.1. The number of aliphatic hydroxyl groups is 1. The zero-order chi connectivity index (χ0) is 26.4. The molecule has 37 heavy (non-hydrogen) atoms. The summed E-state index contributed by atoms with van der Waals surface area (Å²) in [6.07, 6.45) is 0. The molecule has 1 atom stereocenters. The number of carbonyl (C=O) groups is 2. The van der Waals surface area contributed by atoms with E-state index in [1.807, 2.05) is 13.8 Å². The van der Waals surface area contributed by atoms with Crippen LogP contribution in [0, 0.1) is 0 Å². The summed E-state index contributed by atoms with van der Waals surface area (Å²) in [7, 11) is 1.54. The fourth-order valence-electron chi connectivity index (χ4n) is 4.72. The molecule has 2 heterocycles. The molecule has 2 aliphatic rings. The first-order chi connectivity index (χ1) is 18.0. The maximum atomic E-state index is 13.4. The van der Waals surface area contributed by atoms with Gasteiger partial charge in [-0.2, -0.15) is 0 Å². The zero-order valence-electron chi connectivity index (χ0n) is 21.6. The van der Waals surface area contributed by atoms with Crippen LogP contribution in [0.15, 0.2) is 48.0 Å². The second-order valence-electron chi connectivity index (χ2n) is 8.75. The van der Waals surface area contributed by atoms with Crippen LogP contribution < -0.4 is 14.2 Å². The fraction of sp³-hybridized carbons (Fsp3) is 0.429. The predicted molar refractivity (Wildman–Crippen MR) is 138 cm³/mol. The van der Waals surface area contributed by atoms with Crippen molar-refractivity contribution in [2.24, 2.45) is 0 Å². The van der Waals surface area contributed by atoms with Crippen molar-refractivity contribution < 1.29 is 33.6 Å². The van der Waals surface area contributed by atoms with Crippen molar-refractivity contribution in [3.8, 4) is 17.2 Å². The van der Waals surface area contributed by atoms with Crippen molar-refractivity contribution in [1.82, 2.24) is 9.80 Å². The Morgan fingerprint density at radius 2 is 1.76 bits per heavy atom. The van der Waals surface area contributed by atoms with Crippen molar-refractivity contribution in [2.45, 2.75) is 19.9 Å². The molecular formula is C28H34N2O7. The van der Waals surface area contributed by atoms with E-state index in [-0.39, 0.29) is 11.3 Å². The Kier molecular flexibility index (Phi) is 8.68. The number of carbonyl (C=O) groups excluding carboxylic acids is 2. The number of rotatable bonds is 10. The van der Waals surface area contributed by atoms with Gasteiger partial charge in [-0.25, -0.2) is 0 Å². The van der Waals surface area contributed by atoms with Crippen molar-refractivity contribution >= 4 is 17.4 Å². The molecule has 0 saturated carbocycles. The number of Topliss-reactive ketones (excluding diaryl/α,β-unsaturated/α-hetero) is 1. The maximum Gasteiger partial charge on any atom is 0.295 e. The first-order valence-corrected chi connectivity index (χ1v) is 12.6. The highest BCUT2D eigenvalue weighted by Gasteiger charge is 2.46. The van der Waals surface area contributed by atoms with Gasteiger partial charge in [0.25, 0.3) is 11.7 Å². The molecular weight excluding hydrogens is 476 g/mol. The molecule has 2 fully saturated rings. The van der Waals surface area contributed by atoms with Gasteiger partial charge in [-0.3, -0.25) is 14.5 Å². The fourth-order valence-corrected chi connectivity index (χ4v) is 4.72. The standard InChI is InChI=1S/C28H34N2O7/c1-4-36-21-8-6-7-20(17-21)26(31)24-25(19-9-10-22(37-5-2)23(18-19)34-3)30(28(33)27(24)32)12-11-29-13-15-35-16-14-29/h6-10,17-18,25,31H,4-5,11-16H2,1-3H3/b26-24+. The van der Waals surface area contributed by atoms with Gasteiger partial charge in [0.1, 0.15) is 11.5 Å². The molecule has 2 saturated heterocycles. The van der Waals surface area contributed by atoms with E-state index < -0.39 is 17.7 Å². The third kappa shape index (κ3) is 5.73. The van der Waals surface area contributed by atoms with Gasteiger partial charge in [0, 0.05) is 31.7 Å². The van der Waals surface area contributed by atoms with Gasteiger partial charge in [0.2, 0.25) is 0 Å². The first-order valence-electron chi connectivity index (χ1n) is 12.6. The molecule has 2 aromatic rings. The largest absolute Gasteiger partial charge is 0.507 e. The average Bonchev–Trinajstić information content (AvgIpc) is 3.17. The SMILES string of the molecule is CCOc1cccc(/C(O)=C2\C(=O)C(=O)N(CCN3CCOCC3)C2c2ccc(OCC)c(OC)c2)c1. The highest BCUT2D eigenvalue weighted by Crippen LogP contribution is 2.42. The Morgan fingerprint density at radius 1 is 1.00 bits per heavy atom. The van der Waals surface area contributed by atoms with Crippen LogP contribution >= 0.6 is 0 Å². The maximum absolute atomic E-state index is 13.4. The van der Waals surface area contributed by atoms with Gasteiger partial charge in [0.15, 0.2) is 11.5 Å². The minimum absolute atomic E-state index is 0.0341. The van der Waals surface area contributed by atoms with Gasteiger partial charge in [-0.15, -0.1) is 0 Å². The topological polar surface area (TPSA) is 97.8 Å². The minimum Gasteiger partial charge on any atom is -0.507 e. The minimum atomic E-state index is -0.790. The highest BCUT2D eigenvalue weighted by atomic mass is 16.5. The Balaban J connectivity index is 1.78. The first kappa shape index (κ1) is 26.5. The van der Waals surface area contributed by atoms with Crippen molar-refractivity contribution in [2.75, 3.05) is 59.7 Å². The summed E-state index contributed by atoms with van der Waals surface area (Å²) in [5.41, 5.74) is 1.08. The molecule has 198 valence electrons. The summed E-state index contributed by atoms with van der Waals surface area (Å²) in [6, 6.07) is 11.4. The average molecular weight is 511 g/mol. The number of hydrogen-bond acceptors (Lipinski definition) is 8. The number of methoxy groups -OCH3 is 1. The van der Waals surface area contributed by atoms with Crippen LogP contribution in [-0.2, 0) is 14.3 Å². The molecule has 1 amide bonds. The summed E-state index contributed by atoms with van der Waals surface area (Å²) < 4.78 is 22.2. The van der Waals surface area contributed by atoms with Crippen molar-refractivity contribution in [3.63, 3.8) is 0 Å². The number of morpholine rings is 1. The molecule has 1 N–H and O–H groups in total.